The first-order valence-corrected chi connectivity index (χ1v) is 12.5. The molecule has 0 atom stereocenters. The minimum Gasteiger partial charge on any atom is -0.493 e. The van der Waals surface area contributed by atoms with E-state index in [0.29, 0.717) is 22.6 Å². The molecule has 0 saturated heterocycles. The Balaban J connectivity index is 0.000000208. The number of nitrogens with zero attached hydrogens (tertiary/aromatic N) is 3. The van der Waals surface area contributed by atoms with Crippen molar-refractivity contribution in [1.82, 2.24) is 19.1 Å². The number of H-pyrrole nitrogens is 1. The van der Waals surface area contributed by atoms with E-state index in [4.69, 9.17) is 9.47 Å². The SMILES string of the molecule is CC.CCC#Cc1nc2c([nH]1)c(=O)n(C1CC1)c(=O)n2C1CC1.COc1cc(F)c(C)cc1OC(C)=O. The van der Waals surface area contributed by atoms with Crippen molar-refractivity contribution in [2.24, 2.45) is 0 Å². The third kappa shape index (κ3) is 6.28. The van der Waals surface area contributed by atoms with Gasteiger partial charge in [0.2, 0.25) is 0 Å². The molecule has 2 saturated carbocycles. The lowest BCUT2D eigenvalue weighted by Gasteiger charge is -2.09. The van der Waals surface area contributed by atoms with Gasteiger partial charge in [0.05, 0.1) is 7.11 Å². The summed E-state index contributed by atoms with van der Waals surface area (Å²) in [5.74, 6) is 5.89. The fourth-order valence-electron chi connectivity index (χ4n) is 3.68. The van der Waals surface area contributed by atoms with Gasteiger partial charge in [-0.1, -0.05) is 26.7 Å². The summed E-state index contributed by atoms with van der Waals surface area (Å²) >= 11 is 0. The summed E-state index contributed by atoms with van der Waals surface area (Å²) in [5.41, 5.74) is 0.811. The van der Waals surface area contributed by atoms with Crippen LogP contribution < -0.4 is 20.7 Å². The highest BCUT2D eigenvalue weighted by molar-refractivity contribution is 5.71. The van der Waals surface area contributed by atoms with Gasteiger partial charge in [-0.3, -0.25) is 18.7 Å². The van der Waals surface area contributed by atoms with Crippen molar-refractivity contribution in [1.29, 1.82) is 0 Å². The molecule has 0 amide bonds. The summed E-state index contributed by atoms with van der Waals surface area (Å²) in [6.45, 7) is 8.82. The van der Waals surface area contributed by atoms with Crippen LogP contribution in [0, 0.1) is 24.6 Å². The van der Waals surface area contributed by atoms with E-state index < -0.39 is 11.8 Å². The number of aryl methyl sites for hydroxylation is 1. The Kier molecular flexibility index (Phi) is 8.92. The molecule has 3 aromatic rings. The number of hydrogen-bond donors (Lipinski definition) is 1. The number of imidazole rings is 1. The van der Waals surface area contributed by atoms with Crippen LogP contribution in [0.3, 0.4) is 0 Å². The second-order valence-electron chi connectivity index (χ2n) is 8.58. The molecule has 0 unspecified atom stereocenters. The van der Waals surface area contributed by atoms with Crippen LogP contribution >= 0.6 is 0 Å². The largest absolute Gasteiger partial charge is 0.493 e. The van der Waals surface area contributed by atoms with E-state index in [0.717, 1.165) is 32.1 Å². The van der Waals surface area contributed by atoms with Gasteiger partial charge in [0.15, 0.2) is 28.5 Å². The lowest BCUT2D eigenvalue weighted by Crippen LogP contribution is -2.39. The van der Waals surface area contributed by atoms with Crippen LogP contribution in [-0.2, 0) is 4.79 Å². The van der Waals surface area contributed by atoms with Gasteiger partial charge in [0, 0.05) is 31.5 Å². The summed E-state index contributed by atoms with van der Waals surface area (Å²) in [6, 6.07) is 2.86. The van der Waals surface area contributed by atoms with Gasteiger partial charge in [-0.25, -0.2) is 14.2 Å². The molecule has 2 fully saturated rings. The molecule has 0 bridgehead atoms. The molecule has 198 valence electrons. The Labute approximate surface area is 214 Å². The van der Waals surface area contributed by atoms with Gasteiger partial charge in [0.1, 0.15) is 5.82 Å². The number of rotatable bonds is 4. The summed E-state index contributed by atoms with van der Waals surface area (Å²) in [4.78, 5) is 43.2. The maximum atomic E-state index is 13.1. The Hall–Kier alpha value is -3.87. The van der Waals surface area contributed by atoms with Crippen molar-refractivity contribution in [3.05, 3.63) is 50.2 Å². The fraction of sp³-hybridized carbons (Fsp3) is 0.481. The zero-order valence-electron chi connectivity index (χ0n) is 22.1. The summed E-state index contributed by atoms with van der Waals surface area (Å²) < 4.78 is 25.9. The smallest absolute Gasteiger partial charge is 0.333 e. The van der Waals surface area contributed by atoms with Gasteiger partial charge in [-0.05, 0) is 50.2 Å². The molecule has 0 spiro atoms. The lowest BCUT2D eigenvalue weighted by molar-refractivity contribution is -0.132. The van der Waals surface area contributed by atoms with E-state index >= 15 is 0 Å². The van der Waals surface area contributed by atoms with Crippen LogP contribution in [0.1, 0.15) is 83.3 Å². The number of aromatic nitrogens is 4. The van der Waals surface area contributed by atoms with Gasteiger partial charge in [0.25, 0.3) is 5.56 Å². The predicted molar refractivity (Wildman–Crippen MR) is 139 cm³/mol. The normalized spacial score (nSPS) is 13.9. The van der Waals surface area contributed by atoms with E-state index in [1.54, 1.807) is 11.5 Å². The van der Waals surface area contributed by atoms with E-state index in [9.17, 15) is 18.8 Å². The van der Waals surface area contributed by atoms with Crippen LogP contribution in [-0.4, -0.2) is 32.2 Å². The molecule has 10 heteroatoms. The van der Waals surface area contributed by atoms with Gasteiger partial charge in [-0.2, -0.15) is 0 Å². The highest BCUT2D eigenvalue weighted by Gasteiger charge is 2.34. The molecule has 1 N–H and O–H groups in total. The number of fused-ring (bicyclic) bond motifs is 1. The molecule has 5 rings (SSSR count). The predicted octanol–water partition coefficient (Wildman–Crippen LogP) is 4.41. The first kappa shape index (κ1) is 27.7. The topological polar surface area (TPSA) is 108 Å². The third-order valence-corrected chi connectivity index (χ3v) is 5.66. The van der Waals surface area contributed by atoms with Crippen LogP contribution in [0.4, 0.5) is 4.39 Å². The Morgan fingerprint density at radius 1 is 1.14 bits per heavy atom. The van der Waals surface area contributed by atoms with E-state index in [-0.39, 0.29) is 34.8 Å². The minimum atomic E-state index is -0.464. The molecule has 1 aromatic carbocycles. The van der Waals surface area contributed by atoms with Crippen molar-refractivity contribution >= 4 is 17.1 Å². The molecule has 0 radical (unpaired) electrons. The van der Waals surface area contributed by atoms with Crippen LogP contribution in [0.2, 0.25) is 0 Å². The Bertz CT molecular complexity index is 1470. The zero-order valence-corrected chi connectivity index (χ0v) is 22.1. The number of aromatic amines is 1. The molecule has 37 heavy (non-hydrogen) atoms. The second kappa shape index (κ2) is 11.9. The van der Waals surface area contributed by atoms with Gasteiger partial charge >= 0.3 is 11.7 Å². The highest BCUT2D eigenvalue weighted by Crippen LogP contribution is 2.36. The quantitative estimate of drug-likeness (QED) is 0.315. The number of nitrogens with one attached hydrogen (secondary N) is 1. The minimum absolute atomic E-state index is 0.0628. The summed E-state index contributed by atoms with van der Waals surface area (Å²) in [5, 5.41) is 0. The molecule has 0 aliphatic heterocycles. The maximum Gasteiger partial charge on any atom is 0.333 e. The van der Waals surface area contributed by atoms with Crippen LogP contribution in [0.25, 0.3) is 11.2 Å². The summed E-state index contributed by atoms with van der Waals surface area (Å²) in [7, 11) is 1.39. The second-order valence-corrected chi connectivity index (χ2v) is 8.58. The molecule has 2 aliphatic carbocycles. The van der Waals surface area contributed by atoms with Crippen molar-refractivity contribution in [3.63, 3.8) is 0 Å². The average molecular weight is 513 g/mol. The number of halogens is 1. The molecular formula is C27H33FN4O5. The number of carbonyl (C=O) groups excluding carboxylic acids is 1. The number of benzene rings is 1. The molecule has 2 heterocycles. The number of carbonyl (C=O) groups is 1. The Morgan fingerprint density at radius 2 is 1.76 bits per heavy atom. The summed E-state index contributed by atoms with van der Waals surface area (Å²) in [6.07, 6.45) is 4.48. The number of methoxy groups -OCH3 is 1. The lowest BCUT2D eigenvalue weighted by atomic mass is 10.2. The third-order valence-electron chi connectivity index (χ3n) is 5.66. The van der Waals surface area contributed by atoms with Crippen molar-refractivity contribution in [2.75, 3.05) is 7.11 Å². The Morgan fingerprint density at radius 3 is 2.30 bits per heavy atom. The van der Waals surface area contributed by atoms with E-state index in [1.807, 2.05) is 20.8 Å². The molecule has 9 nitrogen and oxygen atoms in total. The number of esters is 1. The van der Waals surface area contributed by atoms with Gasteiger partial charge in [-0.15, -0.1) is 0 Å². The van der Waals surface area contributed by atoms with Crippen molar-refractivity contribution in [3.8, 4) is 23.3 Å². The zero-order chi connectivity index (χ0) is 27.3. The highest BCUT2D eigenvalue weighted by atomic mass is 19.1. The monoisotopic (exact) mass is 512 g/mol. The van der Waals surface area contributed by atoms with Crippen LogP contribution in [0.5, 0.6) is 11.5 Å². The maximum absolute atomic E-state index is 13.1. The first-order valence-electron chi connectivity index (χ1n) is 12.5. The standard InChI is InChI=1S/C15H16N4O2.C10H11FO3.C2H6/c1-2-3-4-11-16-12-13(17-11)18(9-5-6-9)15(21)19(14(12)20)10-7-8-10;1-6-4-10(14-7(2)12)9(13-3)5-8(6)11;1-2/h9-10H,2,5-8H2,1H3,(H,16,17);4-5H,1-3H3;1-2H3. The average Bonchev–Trinajstić information content (AvgIpc) is 3.80. The number of ether oxygens (including phenoxy) is 2. The first-order chi connectivity index (χ1) is 17.7. The number of hydrogen-bond acceptors (Lipinski definition) is 6. The molecule has 2 aromatic heterocycles. The van der Waals surface area contributed by atoms with E-state index in [1.165, 1.54) is 30.7 Å². The fourth-order valence-corrected chi connectivity index (χ4v) is 3.68. The van der Waals surface area contributed by atoms with Gasteiger partial charge < -0.3 is 14.5 Å². The molecule has 2 aliphatic rings. The van der Waals surface area contributed by atoms with Crippen molar-refractivity contribution in [2.45, 2.75) is 78.8 Å². The van der Waals surface area contributed by atoms with Crippen LogP contribution in [0.15, 0.2) is 21.7 Å². The van der Waals surface area contributed by atoms with Crippen molar-refractivity contribution < 1.29 is 18.7 Å². The molecular weight excluding hydrogens is 479 g/mol. The van der Waals surface area contributed by atoms with E-state index in [2.05, 4.69) is 21.8 Å².